The zero-order valence-corrected chi connectivity index (χ0v) is 20.3. The molecule has 2 rings (SSSR count). The van der Waals surface area contributed by atoms with Crippen LogP contribution in [0.1, 0.15) is 103 Å². The molecule has 0 saturated heterocycles. The number of rotatable bonds is 17. The van der Waals surface area contributed by atoms with E-state index in [1.807, 2.05) is 0 Å². The maximum atomic E-state index is 2.38. The first-order valence-corrected chi connectivity index (χ1v) is 13.0. The molecule has 168 valence electrons. The molecule has 0 amide bonds. The van der Waals surface area contributed by atoms with Gasteiger partial charge in [-0.3, -0.25) is 4.48 Å². The van der Waals surface area contributed by atoms with Crippen LogP contribution in [-0.4, -0.2) is 20.6 Å². The molecular weight excluding hydrogens is 362 g/mol. The summed E-state index contributed by atoms with van der Waals surface area (Å²) in [5.41, 5.74) is 1.43. The lowest BCUT2D eigenvalue weighted by Crippen LogP contribution is -2.41. The van der Waals surface area contributed by atoms with Crippen molar-refractivity contribution in [1.82, 2.24) is 4.48 Å². The summed E-state index contributed by atoms with van der Waals surface area (Å²) in [6, 6.07) is 15.7. The number of quaternary nitrogens is 1. The molecule has 0 spiro atoms. The predicted molar refractivity (Wildman–Crippen MR) is 137 cm³/mol. The molecule has 0 radical (unpaired) electrons. The molecule has 0 aromatic heterocycles. The molecule has 0 aliphatic rings. The van der Waals surface area contributed by atoms with Crippen LogP contribution in [0.15, 0.2) is 42.5 Å². The molecule has 0 aliphatic heterocycles. The van der Waals surface area contributed by atoms with Gasteiger partial charge in [0.15, 0.2) is 0 Å². The topological polar surface area (TPSA) is 0 Å². The Bertz CT molecular complexity index is 688. The van der Waals surface area contributed by atoms with Crippen molar-refractivity contribution in [1.29, 1.82) is 0 Å². The summed E-state index contributed by atoms with van der Waals surface area (Å²) < 4.78 is 0.989. The summed E-state index contributed by atoms with van der Waals surface area (Å²) in [6.45, 7) is 3.53. The van der Waals surface area contributed by atoms with Crippen LogP contribution < -0.4 is 4.48 Å². The molecule has 1 nitrogen and oxygen atoms in total. The lowest BCUT2D eigenvalue weighted by Gasteiger charge is -2.29. The van der Waals surface area contributed by atoms with Crippen molar-refractivity contribution in [2.75, 3.05) is 20.6 Å². The van der Waals surface area contributed by atoms with Crippen LogP contribution in [0.3, 0.4) is 0 Å². The van der Waals surface area contributed by atoms with E-state index >= 15 is 0 Å². The quantitative estimate of drug-likeness (QED) is 0.180. The Kier molecular flexibility index (Phi) is 12.2. The van der Waals surface area contributed by atoms with E-state index < -0.39 is 0 Å². The molecule has 2 aromatic carbocycles. The molecular formula is C29H48N+. The highest BCUT2D eigenvalue weighted by atomic mass is 15.3. The van der Waals surface area contributed by atoms with Crippen molar-refractivity contribution in [3.8, 4) is 0 Å². The van der Waals surface area contributed by atoms with Gasteiger partial charge in [-0.1, -0.05) is 115 Å². The summed E-state index contributed by atoms with van der Waals surface area (Å²) in [5.74, 6) is 0. The first kappa shape index (κ1) is 24.9. The summed E-state index contributed by atoms with van der Waals surface area (Å²) in [4.78, 5) is 0. The molecule has 0 bridgehead atoms. The highest BCUT2D eigenvalue weighted by Gasteiger charge is 2.18. The molecule has 0 aliphatic carbocycles. The van der Waals surface area contributed by atoms with Crippen molar-refractivity contribution in [2.45, 2.75) is 103 Å². The SMILES string of the molecule is CCCCCCCCCCCCCCCCC[N+](C)(C)c1ccc2ccccc2c1. The van der Waals surface area contributed by atoms with Crippen LogP contribution in [0.4, 0.5) is 5.69 Å². The number of nitrogens with zero attached hydrogens (tertiary/aromatic N) is 1. The number of unbranched alkanes of at least 4 members (excludes halogenated alkanes) is 14. The van der Waals surface area contributed by atoms with Crippen molar-refractivity contribution in [3.63, 3.8) is 0 Å². The van der Waals surface area contributed by atoms with E-state index in [9.17, 15) is 0 Å². The van der Waals surface area contributed by atoms with Gasteiger partial charge in [-0.25, -0.2) is 0 Å². The largest absolute Gasteiger partial charge is 0.296 e. The zero-order chi connectivity index (χ0) is 21.5. The van der Waals surface area contributed by atoms with Crippen LogP contribution in [-0.2, 0) is 0 Å². The summed E-state index contributed by atoms with van der Waals surface area (Å²) in [7, 11) is 4.71. The Labute approximate surface area is 187 Å². The Morgan fingerprint density at radius 2 is 1.00 bits per heavy atom. The first-order chi connectivity index (χ1) is 14.6. The standard InChI is InChI=1S/C29H48N/c1-4-5-6-7-8-9-10-11-12-13-14-15-16-17-20-25-30(2,3)29-24-23-27-21-18-19-22-28(27)26-29/h18-19,21-24,26H,4-17,20,25H2,1-3H3/q+1. The molecule has 1 heteroatoms. The van der Waals surface area contributed by atoms with Crippen LogP contribution in [0, 0.1) is 0 Å². The second kappa shape index (κ2) is 14.6. The smallest absolute Gasteiger partial charge is 0.133 e. The van der Waals surface area contributed by atoms with Gasteiger partial charge in [0.1, 0.15) is 5.69 Å². The van der Waals surface area contributed by atoms with E-state index in [4.69, 9.17) is 0 Å². The molecule has 0 fully saturated rings. The molecule has 0 heterocycles. The molecule has 0 N–H and O–H groups in total. The Balaban J connectivity index is 1.47. The number of benzene rings is 2. The lowest BCUT2D eigenvalue weighted by molar-refractivity contribution is 0.381. The van der Waals surface area contributed by atoms with Gasteiger partial charge in [0.2, 0.25) is 0 Å². The first-order valence-electron chi connectivity index (χ1n) is 13.0. The van der Waals surface area contributed by atoms with Crippen LogP contribution in [0.2, 0.25) is 0 Å². The summed E-state index contributed by atoms with van der Waals surface area (Å²) in [5, 5.41) is 2.70. The van der Waals surface area contributed by atoms with E-state index in [-0.39, 0.29) is 0 Å². The van der Waals surface area contributed by atoms with Gasteiger partial charge in [0.05, 0.1) is 20.6 Å². The van der Waals surface area contributed by atoms with Gasteiger partial charge in [0.25, 0.3) is 0 Å². The maximum Gasteiger partial charge on any atom is 0.133 e. The normalized spacial score (nSPS) is 12.0. The van der Waals surface area contributed by atoms with E-state index in [1.165, 1.54) is 119 Å². The monoisotopic (exact) mass is 410 g/mol. The van der Waals surface area contributed by atoms with Crippen molar-refractivity contribution < 1.29 is 0 Å². The van der Waals surface area contributed by atoms with E-state index in [0.29, 0.717) is 0 Å². The molecule has 0 saturated carbocycles. The number of hydrogen-bond donors (Lipinski definition) is 0. The van der Waals surface area contributed by atoms with Crippen molar-refractivity contribution in [2.24, 2.45) is 0 Å². The van der Waals surface area contributed by atoms with Crippen molar-refractivity contribution >= 4 is 16.5 Å². The average molecular weight is 411 g/mol. The summed E-state index contributed by atoms with van der Waals surface area (Å²) in [6.07, 6.45) is 21.5. The highest BCUT2D eigenvalue weighted by molar-refractivity contribution is 5.85. The Morgan fingerprint density at radius 3 is 1.53 bits per heavy atom. The molecule has 30 heavy (non-hydrogen) atoms. The molecule has 2 aromatic rings. The van der Waals surface area contributed by atoms with Gasteiger partial charge >= 0.3 is 0 Å². The third-order valence-corrected chi connectivity index (χ3v) is 6.75. The van der Waals surface area contributed by atoms with Gasteiger partial charge < -0.3 is 0 Å². The zero-order valence-electron chi connectivity index (χ0n) is 20.3. The molecule has 0 atom stereocenters. The van der Waals surface area contributed by atoms with Crippen LogP contribution >= 0.6 is 0 Å². The third kappa shape index (κ3) is 9.65. The minimum atomic E-state index is 0.989. The summed E-state index contributed by atoms with van der Waals surface area (Å²) >= 11 is 0. The minimum Gasteiger partial charge on any atom is -0.296 e. The van der Waals surface area contributed by atoms with Gasteiger partial charge in [-0.15, -0.1) is 0 Å². The second-order valence-corrected chi connectivity index (χ2v) is 9.89. The maximum absolute atomic E-state index is 2.38. The van der Waals surface area contributed by atoms with Gasteiger partial charge in [0, 0.05) is 6.07 Å². The average Bonchev–Trinajstić information content (AvgIpc) is 2.76. The van der Waals surface area contributed by atoms with E-state index in [0.717, 1.165) is 4.48 Å². The highest BCUT2D eigenvalue weighted by Crippen LogP contribution is 2.25. The minimum absolute atomic E-state index is 0.989. The predicted octanol–water partition coefficient (Wildman–Crippen LogP) is 9.28. The van der Waals surface area contributed by atoms with Crippen molar-refractivity contribution in [3.05, 3.63) is 42.5 Å². The van der Waals surface area contributed by atoms with E-state index in [1.54, 1.807) is 0 Å². The Morgan fingerprint density at radius 1 is 0.533 bits per heavy atom. The van der Waals surface area contributed by atoms with E-state index in [2.05, 4.69) is 63.5 Å². The third-order valence-electron chi connectivity index (χ3n) is 6.75. The fraction of sp³-hybridized carbons (Fsp3) is 0.655. The van der Waals surface area contributed by atoms with Crippen LogP contribution in [0.5, 0.6) is 0 Å². The number of fused-ring (bicyclic) bond motifs is 1. The Hall–Kier alpha value is -1.34. The van der Waals surface area contributed by atoms with Gasteiger partial charge in [-0.2, -0.15) is 0 Å². The number of hydrogen-bond acceptors (Lipinski definition) is 0. The fourth-order valence-electron chi connectivity index (χ4n) is 4.56. The lowest BCUT2D eigenvalue weighted by atomic mass is 10.0. The van der Waals surface area contributed by atoms with Gasteiger partial charge in [-0.05, 0) is 35.7 Å². The fourth-order valence-corrected chi connectivity index (χ4v) is 4.56. The molecule has 0 unspecified atom stereocenters. The van der Waals surface area contributed by atoms with Crippen LogP contribution in [0.25, 0.3) is 10.8 Å². The second-order valence-electron chi connectivity index (χ2n) is 9.89.